The summed E-state index contributed by atoms with van der Waals surface area (Å²) in [7, 11) is -3.13. The Kier molecular flexibility index (Phi) is 6.48. The number of nitrogens with one attached hydrogen (secondary N) is 2. The molecule has 0 heterocycles. The summed E-state index contributed by atoms with van der Waals surface area (Å²) in [5.41, 5.74) is 2.43. The van der Waals surface area contributed by atoms with Gasteiger partial charge >= 0.3 is 0 Å². The molecule has 0 aromatic heterocycles. The van der Waals surface area contributed by atoms with Gasteiger partial charge in [0.2, 0.25) is 5.96 Å². The van der Waals surface area contributed by atoms with Crippen molar-refractivity contribution in [3.63, 3.8) is 0 Å². The first kappa shape index (κ1) is 16.2. The molecule has 102 valence electrons. The van der Waals surface area contributed by atoms with Gasteiger partial charge in [-0.15, -0.1) is 0 Å². The molecule has 0 saturated carbocycles. The van der Waals surface area contributed by atoms with Gasteiger partial charge in [0.15, 0.2) is 9.84 Å². The lowest BCUT2D eigenvalue weighted by molar-refractivity contribution is 0.554. The van der Waals surface area contributed by atoms with Crippen molar-refractivity contribution in [3.05, 3.63) is 0 Å². The number of hydrogen-bond acceptors (Lipinski definition) is 4. The molecule has 7 heteroatoms. The van der Waals surface area contributed by atoms with E-state index in [9.17, 15) is 8.42 Å². The molecule has 0 aromatic rings. The number of nitrogens with two attached hydrogens (primary N) is 1. The van der Waals surface area contributed by atoms with Crippen LogP contribution in [0.4, 0.5) is 0 Å². The zero-order valence-electron chi connectivity index (χ0n) is 11.1. The molecular weight excluding hydrogens is 240 g/mol. The van der Waals surface area contributed by atoms with Crippen molar-refractivity contribution >= 4 is 15.8 Å². The van der Waals surface area contributed by atoms with Gasteiger partial charge in [0.1, 0.15) is 0 Å². The zero-order chi connectivity index (χ0) is 13.5. The molecule has 0 aliphatic heterocycles. The topological polar surface area (TPSA) is 96.6 Å². The number of aliphatic imine (C=N–C) groups is 1. The highest BCUT2D eigenvalue weighted by molar-refractivity contribution is 7.92. The summed E-state index contributed by atoms with van der Waals surface area (Å²) in [4.78, 5) is 4.14. The van der Waals surface area contributed by atoms with E-state index in [2.05, 4.69) is 22.7 Å². The van der Waals surface area contributed by atoms with E-state index in [0.717, 1.165) is 19.4 Å². The number of nitrogens with zero attached hydrogens (tertiary/aromatic N) is 1. The van der Waals surface area contributed by atoms with E-state index in [1.807, 2.05) is 0 Å². The number of hydrazine groups is 1. The highest BCUT2D eigenvalue weighted by Crippen LogP contribution is 2.14. The maximum atomic E-state index is 11.5. The summed E-state index contributed by atoms with van der Waals surface area (Å²) in [5, 5.41) is 3.01. The van der Waals surface area contributed by atoms with Crippen molar-refractivity contribution in [2.45, 2.75) is 38.4 Å². The lowest BCUT2D eigenvalue weighted by Gasteiger charge is -2.20. The molecule has 0 aliphatic rings. The van der Waals surface area contributed by atoms with Gasteiger partial charge in [-0.2, -0.15) is 0 Å². The van der Waals surface area contributed by atoms with Crippen LogP contribution >= 0.6 is 0 Å². The average Bonchev–Trinajstić information content (AvgIpc) is 2.21. The molecule has 0 bridgehead atoms. The van der Waals surface area contributed by atoms with E-state index >= 15 is 0 Å². The van der Waals surface area contributed by atoms with Crippen molar-refractivity contribution in [3.8, 4) is 0 Å². The van der Waals surface area contributed by atoms with Crippen LogP contribution in [0.1, 0.15) is 33.6 Å². The molecule has 0 saturated heterocycles. The molecule has 0 aliphatic carbocycles. The number of unbranched alkanes of at least 4 members (excludes halogenated alkanes) is 1. The monoisotopic (exact) mass is 264 g/mol. The summed E-state index contributed by atoms with van der Waals surface area (Å²) in [6.45, 7) is 6.31. The van der Waals surface area contributed by atoms with Crippen LogP contribution in [-0.2, 0) is 9.84 Å². The van der Waals surface area contributed by atoms with Crippen LogP contribution in [-0.4, -0.2) is 38.5 Å². The molecule has 0 spiro atoms. The molecule has 0 rings (SSSR count). The van der Waals surface area contributed by atoms with Crippen molar-refractivity contribution in [2.24, 2.45) is 10.8 Å². The second-order valence-corrected chi connectivity index (χ2v) is 7.27. The second kappa shape index (κ2) is 6.80. The van der Waals surface area contributed by atoms with Crippen LogP contribution < -0.4 is 16.6 Å². The van der Waals surface area contributed by atoms with Gasteiger partial charge in [-0.25, -0.2) is 14.3 Å². The Morgan fingerprint density at radius 1 is 1.41 bits per heavy atom. The minimum atomic E-state index is -3.13. The zero-order valence-corrected chi connectivity index (χ0v) is 11.9. The fourth-order valence-electron chi connectivity index (χ4n) is 0.923. The Morgan fingerprint density at radius 2 is 2.00 bits per heavy atom. The Bertz CT molecular complexity index is 349. The van der Waals surface area contributed by atoms with Crippen LogP contribution in [0, 0.1) is 0 Å². The minimum absolute atomic E-state index is 0.171. The fraction of sp³-hybridized carbons (Fsp3) is 0.900. The SMILES string of the molecule is CCCCNC(=NCC(C)(C)S(C)(=O)=O)NN. The van der Waals surface area contributed by atoms with E-state index in [0.29, 0.717) is 5.96 Å². The van der Waals surface area contributed by atoms with E-state index in [1.165, 1.54) is 6.26 Å². The quantitative estimate of drug-likeness (QED) is 0.207. The summed E-state index contributed by atoms with van der Waals surface area (Å²) in [5.74, 6) is 5.73. The largest absolute Gasteiger partial charge is 0.355 e. The number of rotatable bonds is 6. The summed E-state index contributed by atoms with van der Waals surface area (Å²) < 4.78 is 22.1. The minimum Gasteiger partial charge on any atom is -0.355 e. The molecule has 0 radical (unpaired) electrons. The third kappa shape index (κ3) is 5.88. The van der Waals surface area contributed by atoms with Crippen molar-refractivity contribution in [1.29, 1.82) is 0 Å². The molecule has 0 unspecified atom stereocenters. The van der Waals surface area contributed by atoms with Gasteiger partial charge in [-0.1, -0.05) is 13.3 Å². The molecule has 0 atom stereocenters. The number of hydrogen-bond donors (Lipinski definition) is 3. The smallest absolute Gasteiger partial charge is 0.205 e. The number of guanidine groups is 1. The maximum absolute atomic E-state index is 11.5. The first-order chi connectivity index (χ1) is 7.74. The summed E-state index contributed by atoms with van der Waals surface area (Å²) >= 11 is 0. The van der Waals surface area contributed by atoms with Crippen molar-refractivity contribution < 1.29 is 8.42 Å². The molecular formula is C10H24N4O2S. The first-order valence-electron chi connectivity index (χ1n) is 5.69. The lowest BCUT2D eigenvalue weighted by atomic mass is 10.2. The highest BCUT2D eigenvalue weighted by Gasteiger charge is 2.29. The normalized spacial score (nSPS) is 13.6. The van der Waals surface area contributed by atoms with Gasteiger partial charge in [0.25, 0.3) is 0 Å². The van der Waals surface area contributed by atoms with E-state index in [4.69, 9.17) is 5.84 Å². The number of sulfone groups is 1. The highest BCUT2D eigenvalue weighted by atomic mass is 32.2. The van der Waals surface area contributed by atoms with E-state index in [-0.39, 0.29) is 6.54 Å². The maximum Gasteiger partial charge on any atom is 0.205 e. The van der Waals surface area contributed by atoms with Crippen LogP contribution in [0.3, 0.4) is 0 Å². The van der Waals surface area contributed by atoms with Gasteiger partial charge < -0.3 is 5.32 Å². The van der Waals surface area contributed by atoms with E-state index < -0.39 is 14.6 Å². The predicted molar refractivity (Wildman–Crippen MR) is 71.5 cm³/mol. The van der Waals surface area contributed by atoms with Crippen LogP contribution in [0.25, 0.3) is 0 Å². The van der Waals surface area contributed by atoms with Gasteiger partial charge in [-0.05, 0) is 20.3 Å². The molecule has 0 fully saturated rings. The van der Waals surface area contributed by atoms with Crippen LogP contribution in [0.15, 0.2) is 4.99 Å². The lowest BCUT2D eigenvalue weighted by Crippen LogP contribution is -2.43. The Morgan fingerprint density at radius 3 is 2.41 bits per heavy atom. The Labute approximate surface area is 104 Å². The van der Waals surface area contributed by atoms with Crippen molar-refractivity contribution in [2.75, 3.05) is 19.3 Å². The second-order valence-electron chi connectivity index (χ2n) is 4.62. The van der Waals surface area contributed by atoms with E-state index in [1.54, 1.807) is 13.8 Å². The Balaban J connectivity index is 4.46. The third-order valence-electron chi connectivity index (χ3n) is 2.58. The van der Waals surface area contributed by atoms with Crippen LogP contribution in [0.5, 0.6) is 0 Å². The third-order valence-corrected chi connectivity index (χ3v) is 4.72. The molecule has 0 aromatic carbocycles. The summed E-state index contributed by atoms with van der Waals surface area (Å²) in [6.07, 6.45) is 3.29. The molecule has 4 N–H and O–H groups in total. The predicted octanol–water partition coefficient (Wildman–Crippen LogP) is 0.0186. The standard InChI is InChI=1S/C10H24N4O2S/c1-5-6-7-12-9(14-11)13-8-10(2,3)17(4,15)16/h5-8,11H2,1-4H3,(H2,12,13,14). The van der Waals surface area contributed by atoms with Gasteiger partial charge in [0.05, 0.1) is 11.3 Å². The molecule has 17 heavy (non-hydrogen) atoms. The van der Waals surface area contributed by atoms with Crippen molar-refractivity contribution in [1.82, 2.24) is 10.7 Å². The van der Waals surface area contributed by atoms with Crippen LogP contribution in [0.2, 0.25) is 0 Å². The molecule has 0 amide bonds. The van der Waals surface area contributed by atoms with Gasteiger partial charge in [-0.3, -0.25) is 10.4 Å². The Hall–Kier alpha value is -0.820. The first-order valence-corrected chi connectivity index (χ1v) is 7.58. The van der Waals surface area contributed by atoms with Gasteiger partial charge in [0, 0.05) is 12.8 Å². The summed E-state index contributed by atoms with van der Waals surface area (Å²) in [6, 6.07) is 0. The average molecular weight is 264 g/mol. The molecule has 6 nitrogen and oxygen atoms in total. The fourth-order valence-corrected chi connectivity index (χ4v) is 1.22.